The maximum Gasteiger partial charge on any atom is 0.410 e. The molecule has 1 saturated heterocycles. The predicted molar refractivity (Wildman–Crippen MR) is 96.9 cm³/mol. The highest BCUT2D eigenvalue weighted by Gasteiger charge is 2.31. The van der Waals surface area contributed by atoms with Gasteiger partial charge in [-0.2, -0.15) is 0 Å². The highest BCUT2D eigenvalue weighted by atomic mass is 79.9. The number of para-hydroxylation sites is 1. The number of nitro benzene ring substituents is 1. The number of carbonyl (C=O) groups excluding carboxylic acids is 1. The molecule has 1 heterocycles. The monoisotopic (exact) mass is 414 g/mol. The number of likely N-dealkylation sites (tertiary alicyclic amines) is 1. The van der Waals surface area contributed by atoms with Crippen molar-refractivity contribution in [1.82, 2.24) is 4.90 Å². The Bertz CT molecular complexity index is 644. The highest BCUT2D eigenvalue weighted by Crippen LogP contribution is 2.35. The average Bonchev–Trinajstić information content (AvgIpc) is 2.52. The summed E-state index contributed by atoms with van der Waals surface area (Å²) in [6.45, 7) is 6.25. The van der Waals surface area contributed by atoms with E-state index < -0.39 is 10.5 Å². The SMILES string of the molecule is CC(C)(C)OC(=O)N1CCCCC1COc1c(Br)cccc1[N+](=O)[O-]. The molecule has 1 aromatic carbocycles. The van der Waals surface area contributed by atoms with Gasteiger partial charge in [-0.15, -0.1) is 0 Å². The standard InChI is InChI=1S/C17H23BrN2O5/c1-17(2,3)25-16(21)19-10-5-4-7-12(19)11-24-15-13(18)8-6-9-14(15)20(22)23/h6,8-9,12H,4-5,7,10-11H2,1-3H3. The van der Waals surface area contributed by atoms with Crippen molar-refractivity contribution < 1.29 is 19.2 Å². The lowest BCUT2D eigenvalue weighted by atomic mass is 10.0. The Morgan fingerprint density at radius 1 is 1.40 bits per heavy atom. The van der Waals surface area contributed by atoms with E-state index in [0.29, 0.717) is 11.0 Å². The van der Waals surface area contributed by atoms with E-state index in [1.807, 2.05) is 20.8 Å². The van der Waals surface area contributed by atoms with Gasteiger partial charge in [-0.3, -0.25) is 10.1 Å². The molecular formula is C17H23BrN2O5. The molecule has 0 spiro atoms. The van der Waals surface area contributed by atoms with Crippen molar-refractivity contribution in [2.75, 3.05) is 13.2 Å². The summed E-state index contributed by atoms with van der Waals surface area (Å²) in [5, 5.41) is 11.2. The average molecular weight is 415 g/mol. The molecule has 2 rings (SSSR count). The fraction of sp³-hybridized carbons (Fsp3) is 0.588. The van der Waals surface area contributed by atoms with Gasteiger partial charge in [-0.25, -0.2) is 4.79 Å². The molecule has 0 N–H and O–H groups in total. The number of hydrogen-bond donors (Lipinski definition) is 0. The molecule has 1 aliphatic rings. The minimum Gasteiger partial charge on any atom is -0.484 e. The second-order valence-corrected chi connectivity index (χ2v) is 7.83. The highest BCUT2D eigenvalue weighted by molar-refractivity contribution is 9.10. The third-order valence-corrected chi connectivity index (χ3v) is 4.44. The summed E-state index contributed by atoms with van der Waals surface area (Å²) in [5.41, 5.74) is -0.671. The lowest BCUT2D eigenvalue weighted by Crippen LogP contribution is -2.48. The van der Waals surface area contributed by atoms with Crippen LogP contribution < -0.4 is 4.74 Å². The van der Waals surface area contributed by atoms with E-state index in [4.69, 9.17) is 9.47 Å². The van der Waals surface area contributed by atoms with Gasteiger partial charge >= 0.3 is 11.8 Å². The zero-order valence-corrected chi connectivity index (χ0v) is 16.2. The Balaban J connectivity index is 2.10. The Morgan fingerprint density at radius 2 is 2.12 bits per heavy atom. The Morgan fingerprint density at radius 3 is 2.76 bits per heavy atom. The zero-order valence-electron chi connectivity index (χ0n) is 14.7. The van der Waals surface area contributed by atoms with Crippen molar-refractivity contribution in [2.45, 2.75) is 51.7 Å². The van der Waals surface area contributed by atoms with Crippen LogP contribution in [0.3, 0.4) is 0 Å². The van der Waals surface area contributed by atoms with Crippen LogP contribution in [0.25, 0.3) is 0 Å². The molecule has 1 aliphatic heterocycles. The largest absolute Gasteiger partial charge is 0.484 e. The molecule has 1 fully saturated rings. The summed E-state index contributed by atoms with van der Waals surface area (Å²) in [4.78, 5) is 24.8. The van der Waals surface area contributed by atoms with E-state index >= 15 is 0 Å². The third-order valence-electron chi connectivity index (χ3n) is 3.82. The summed E-state index contributed by atoms with van der Waals surface area (Å²) in [6.07, 6.45) is 2.29. The number of piperidine rings is 1. The summed E-state index contributed by atoms with van der Waals surface area (Å²) in [6, 6.07) is 4.50. The van der Waals surface area contributed by atoms with Crippen LogP contribution >= 0.6 is 15.9 Å². The molecule has 0 radical (unpaired) electrons. The molecule has 1 unspecified atom stereocenters. The molecule has 25 heavy (non-hydrogen) atoms. The van der Waals surface area contributed by atoms with E-state index in [0.717, 1.165) is 19.3 Å². The van der Waals surface area contributed by atoms with Gasteiger partial charge in [0, 0.05) is 12.6 Å². The van der Waals surface area contributed by atoms with Crippen molar-refractivity contribution in [2.24, 2.45) is 0 Å². The molecule has 0 bridgehead atoms. The number of halogens is 1. The van der Waals surface area contributed by atoms with Gasteiger partial charge < -0.3 is 14.4 Å². The summed E-state index contributed by atoms with van der Waals surface area (Å²) >= 11 is 3.29. The van der Waals surface area contributed by atoms with Crippen LogP contribution in [0.2, 0.25) is 0 Å². The first-order valence-electron chi connectivity index (χ1n) is 8.24. The number of ether oxygens (including phenoxy) is 2. The van der Waals surface area contributed by atoms with Crippen molar-refractivity contribution >= 4 is 27.7 Å². The Labute approximate surface area is 155 Å². The first-order valence-corrected chi connectivity index (χ1v) is 9.03. The molecule has 0 aromatic heterocycles. The van der Waals surface area contributed by atoms with Gasteiger partial charge in [0.25, 0.3) is 0 Å². The van der Waals surface area contributed by atoms with Gasteiger partial charge in [0.1, 0.15) is 12.2 Å². The number of hydrogen-bond acceptors (Lipinski definition) is 5. The molecule has 0 saturated carbocycles. The zero-order chi connectivity index (χ0) is 18.6. The van der Waals surface area contributed by atoms with Crippen LogP contribution in [0.5, 0.6) is 5.75 Å². The van der Waals surface area contributed by atoms with Gasteiger partial charge in [-0.1, -0.05) is 6.07 Å². The molecule has 1 atom stereocenters. The van der Waals surface area contributed by atoms with E-state index in [1.54, 1.807) is 17.0 Å². The number of nitrogens with zero attached hydrogens (tertiary/aromatic N) is 2. The van der Waals surface area contributed by atoms with Crippen molar-refractivity contribution in [1.29, 1.82) is 0 Å². The van der Waals surface area contributed by atoms with Crippen molar-refractivity contribution in [3.63, 3.8) is 0 Å². The quantitative estimate of drug-likeness (QED) is 0.533. The minimum atomic E-state index is -0.568. The molecule has 7 nitrogen and oxygen atoms in total. The van der Waals surface area contributed by atoms with Crippen LogP contribution in [-0.2, 0) is 4.74 Å². The van der Waals surface area contributed by atoms with E-state index in [2.05, 4.69) is 15.9 Å². The maximum atomic E-state index is 12.4. The number of rotatable bonds is 4. The molecule has 138 valence electrons. The van der Waals surface area contributed by atoms with E-state index in [-0.39, 0.29) is 30.2 Å². The first kappa shape index (κ1) is 19.5. The maximum absolute atomic E-state index is 12.4. The normalized spacial score (nSPS) is 17.9. The summed E-state index contributed by atoms with van der Waals surface area (Å²) in [7, 11) is 0. The topological polar surface area (TPSA) is 81.9 Å². The van der Waals surface area contributed by atoms with Crippen molar-refractivity contribution in [3.8, 4) is 5.75 Å². The van der Waals surface area contributed by atoms with Crippen LogP contribution in [0.4, 0.5) is 10.5 Å². The number of benzene rings is 1. The van der Waals surface area contributed by atoms with Crippen LogP contribution in [-0.4, -0.2) is 40.7 Å². The van der Waals surface area contributed by atoms with Crippen LogP contribution in [0.15, 0.2) is 22.7 Å². The van der Waals surface area contributed by atoms with E-state index in [9.17, 15) is 14.9 Å². The number of nitro groups is 1. The Kier molecular flexibility index (Phi) is 6.26. The fourth-order valence-electron chi connectivity index (χ4n) is 2.70. The predicted octanol–water partition coefficient (Wildman–Crippen LogP) is 4.53. The lowest BCUT2D eigenvalue weighted by molar-refractivity contribution is -0.386. The smallest absolute Gasteiger partial charge is 0.410 e. The molecular weight excluding hydrogens is 392 g/mol. The van der Waals surface area contributed by atoms with Crippen LogP contribution in [0, 0.1) is 10.1 Å². The van der Waals surface area contributed by atoms with E-state index in [1.165, 1.54) is 6.07 Å². The minimum absolute atomic E-state index is 0.103. The second kappa shape index (κ2) is 8.03. The van der Waals surface area contributed by atoms with Crippen LogP contribution in [0.1, 0.15) is 40.0 Å². The van der Waals surface area contributed by atoms with Crippen molar-refractivity contribution in [3.05, 3.63) is 32.8 Å². The van der Waals surface area contributed by atoms with Gasteiger partial charge in [0.05, 0.1) is 15.4 Å². The summed E-state index contributed by atoms with van der Waals surface area (Å²) < 4.78 is 11.7. The number of amides is 1. The molecule has 8 heteroatoms. The Hall–Kier alpha value is -1.83. The van der Waals surface area contributed by atoms with Gasteiger partial charge in [0.15, 0.2) is 0 Å². The van der Waals surface area contributed by atoms with Gasteiger partial charge in [-0.05, 0) is 62.0 Å². The first-order chi connectivity index (χ1) is 11.7. The third kappa shape index (κ3) is 5.32. The lowest BCUT2D eigenvalue weighted by Gasteiger charge is -2.36. The molecule has 1 amide bonds. The molecule has 0 aliphatic carbocycles. The number of carbonyl (C=O) groups is 1. The fourth-order valence-corrected chi connectivity index (χ4v) is 3.17. The second-order valence-electron chi connectivity index (χ2n) is 6.98. The summed E-state index contributed by atoms with van der Waals surface area (Å²) in [5.74, 6) is 0.183. The molecule has 1 aromatic rings. The van der Waals surface area contributed by atoms with Gasteiger partial charge in [0.2, 0.25) is 5.75 Å².